The van der Waals surface area contributed by atoms with Gasteiger partial charge in [0, 0.05) is 18.5 Å². The normalized spacial score (nSPS) is 16.3. The van der Waals surface area contributed by atoms with Gasteiger partial charge >= 0.3 is 0 Å². The predicted octanol–water partition coefficient (Wildman–Crippen LogP) is 1.60. The van der Waals surface area contributed by atoms with Crippen molar-refractivity contribution in [3.8, 4) is 0 Å². The molecule has 5 nitrogen and oxygen atoms in total. The van der Waals surface area contributed by atoms with Gasteiger partial charge in [-0.1, -0.05) is 20.8 Å². The molecular formula is C16H36N2O3S2. The molecule has 0 aliphatic carbocycles. The van der Waals surface area contributed by atoms with Crippen LogP contribution in [0, 0.1) is 10.8 Å². The Morgan fingerprint density at radius 1 is 0.913 bits per heavy atom. The molecule has 0 saturated heterocycles. The van der Waals surface area contributed by atoms with E-state index in [1.165, 1.54) is 0 Å². The highest BCUT2D eigenvalue weighted by molar-refractivity contribution is 7.80. The highest BCUT2D eigenvalue weighted by Crippen LogP contribution is 2.28. The topological polar surface area (TPSA) is 79.7 Å². The van der Waals surface area contributed by atoms with Crippen LogP contribution in [0.25, 0.3) is 0 Å². The zero-order chi connectivity index (χ0) is 17.8. The number of nitrogens with two attached hydrogens (primary N) is 2. The predicted molar refractivity (Wildman–Crippen MR) is 104 cm³/mol. The first kappa shape index (κ1) is 23.5. The molecule has 0 bridgehead atoms. The third kappa shape index (κ3) is 11.6. The minimum absolute atomic E-state index is 0.0243. The summed E-state index contributed by atoms with van der Waals surface area (Å²) in [5.41, 5.74) is 11.0. The number of hydrogen-bond acceptors (Lipinski definition) is 7. The molecule has 140 valence electrons. The van der Waals surface area contributed by atoms with Crippen molar-refractivity contribution in [2.75, 3.05) is 57.6 Å². The molecule has 0 aliphatic rings. The van der Waals surface area contributed by atoms with Crippen molar-refractivity contribution in [1.82, 2.24) is 0 Å². The fourth-order valence-electron chi connectivity index (χ4n) is 2.04. The summed E-state index contributed by atoms with van der Waals surface area (Å²) in [7, 11) is 0. The summed E-state index contributed by atoms with van der Waals surface area (Å²) in [5.74, 6) is 1.51. The Balaban J connectivity index is 4.47. The third-order valence-corrected chi connectivity index (χ3v) is 5.13. The molecule has 0 aromatic heterocycles. The Kier molecular flexibility index (Phi) is 13.1. The van der Waals surface area contributed by atoms with E-state index in [2.05, 4.69) is 46.0 Å². The quantitative estimate of drug-likeness (QED) is 0.261. The fraction of sp³-hybridized carbons (Fsp3) is 1.00. The van der Waals surface area contributed by atoms with Gasteiger partial charge in [-0.25, -0.2) is 0 Å². The van der Waals surface area contributed by atoms with Crippen molar-refractivity contribution in [3.63, 3.8) is 0 Å². The zero-order valence-electron chi connectivity index (χ0n) is 14.9. The Morgan fingerprint density at radius 3 is 2.09 bits per heavy atom. The molecule has 0 heterocycles. The monoisotopic (exact) mass is 368 g/mol. The fourth-order valence-corrected chi connectivity index (χ4v) is 2.35. The van der Waals surface area contributed by atoms with Crippen molar-refractivity contribution < 1.29 is 14.2 Å². The van der Waals surface area contributed by atoms with E-state index in [1.54, 1.807) is 0 Å². The first-order chi connectivity index (χ1) is 10.8. The molecule has 0 aromatic rings. The average Bonchev–Trinajstić information content (AvgIpc) is 2.52. The molecule has 4 N–H and O–H groups in total. The highest BCUT2D eigenvalue weighted by atomic mass is 32.1. The van der Waals surface area contributed by atoms with E-state index in [4.69, 9.17) is 25.7 Å². The van der Waals surface area contributed by atoms with Gasteiger partial charge < -0.3 is 25.7 Å². The standard InChI is InChI=1S/C16H36N2O3S2/c1-15(2,12-22)10-20-11-16(3,13-23)8-14(21-7-5-18)9-19-6-4-17/h14,22-23H,4-13,17-18H2,1-3H3. The van der Waals surface area contributed by atoms with Crippen LogP contribution < -0.4 is 11.5 Å². The Morgan fingerprint density at radius 2 is 1.57 bits per heavy atom. The van der Waals surface area contributed by atoms with Crippen LogP contribution in [0.1, 0.15) is 27.2 Å². The van der Waals surface area contributed by atoms with Gasteiger partial charge in [-0.15, -0.1) is 0 Å². The maximum atomic E-state index is 5.94. The number of rotatable bonds is 15. The van der Waals surface area contributed by atoms with Gasteiger partial charge in [-0.2, -0.15) is 25.3 Å². The summed E-state index contributed by atoms with van der Waals surface area (Å²) in [6.45, 7) is 10.3. The molecule has 0 rings (SSSR count). The molecule has 0 aliphatic heterocycles. The SMILES string of the molecule is CC(C)(CS)COCC(C)(CS)CC(COCCN)OCCN. The van der Waals surface area contributed by atoms with Crippen LogP contribution in [-0.2, 0) is 14.2 Å². The average molecular weight is 369 g/mol. The van der Waals surface area contributed by atoms with Crippen molar-refractivity contribution in [2.24, 2.45) is 22.3 Å². The molecule has 0 saturated carbocycles. The second kappa shape index (κ2) is 12.8. The van der Waals surface area contributed by atoms with Crippen molar-refractivity contribution in [3.05, 3.63) is 0 Å². The van der Waals surface area contributed by atoms with Crippen molar-refractivity contribution in [2.45, 2.75) is 33.3 Å². The maximum Gasteiger partial charge on any atom is 0.0815 e. The zero-order valence-corrected chi connectivity index (χ0v) is 16.7. The molecular weight excluding hydrogens is 332 g/mol. The molecule has 2 unspecified atom stereocenters. The second-order valence-corrected chi connectivity index (χ2v) is 7.77. The molecule has 2 atom stereocenters. The molecule has 0 fully saturated rings. The van der Waals surface area contributed by atoms with E-state index in [0.29, 0.717) is 51.9 Å². The van der Waals surface area contributed by atoms with E-state index in [-0.39, 0.29) is 16.9 Å². The lowest BCUT2D eigenvalue weighted by molar-refractivity contribution is -0.0504. The maximum absolute atomic E-state index is 5.94. The number of ether oxygens (including phenoxy) is 3. The summed E-state index contributed by atoms with van der Waals surface area (Å²) in [5, 5.41) is 0. The van der Waals surface area contributed by atoms with E-state index in [9.17, 15) is 0 Å². The smallest absolute Gasteiger partial charge is 0.0815 e. The van der Waals surface area contributed by atoms with E-state index in [0.717, 1.165) is 12.2 Å². The Labute approximate surface area is 153 Å². The highest BCUT2D eigenvalue weighted by Gasteiger charge is 2.29. The van der Waals surface area contributed by atoms with Gasteiger partial charge in [0.25, 0.3) is 0 Å². The summed E-state index contributed by atoms with van der Waals surface area (Å²) < 4.78 is 17.3. The molecule has 0 aromatic carbocycles. The Hall–Kier alpha value is 0.500. The molecule has 0 spiro atoms. The van der Waals surface area contributed by atoms with Crippen LogP contribution in [-0.4, -0.2) is 63.7 Å². The van der Waals surface area contributed by atoms with Gasteiger partial charge in [0.1, 0.15) is 0 Å². The van der Waals surface area contributed by atoms with Crippen LogP contribution in [0.3, 0.4) is 0 Å². The minimum Gasteiger partial charge on any atom is -0.380 e. The van der Waals surface area contributed by atoms with E-state index in [1.807, 2.05) is 0 Å². The molecule has 23 heavy (non-hydrogen) atoms. The van der Waals surface area contributed by atoms with Gasteiger partial charge in [-0.3, -0.25) is 0 Å². The van der Waals surface area contributed by atoms with Crippen LogP contribution in [0.5, 0.6) is 0 Å². The van der Waals surface area contributed by atoms with Gasteiger partial charge in [0.15, 0.2) is 0 Å². The Bertz CT molecular complexity index is 296. The van der Waals surface area contributed by atoms with Crippen molar-refractivity contribution >= 4 is 25.3 Å². The number of hydrogen-bond donors (Lipinski definition) is 4. The number of thiol groups is 2. The summed E-state index contributed by atoms with van der Waals surface area (Å²) in [4.78, 5) is 0. The second-order valence-electron chi connectivity index (χ2n) is 7.13. The first-order valence-electron chi connectivity index (χ1n) is 8.21. The first-order valence-corrected chi connectivity index (χ1v) is 9.48. The van der Waals surface area contributed by atoms with Crippen LogP contribution in [0.4, 0.5) is 0 Å². The largest absolute Gasteiger partial charge is 0.380 e. The van der Waals surface area contributed by atoms with Crippen molar-refractivity contribution in [1.29, 1.82) is 0 Å². The van der Waals surface area contributed by atoms with E-state index < -0.39 is 0 Å². The summed E-state index contributed by atoms with van der Waals surface area (Å²) in [6, 6.07) is 0. The lowest BCUT2D eigenvalue weighted by atomic mass is 9.87. The summed E-state index contributed by atoms with van der Waals surface area (Å²) in [6.07, 6.45) is 0.784. The van der Waals surface area contributed by atoms with Crippen LogP contribution >= 0.6 is 25.3 Å². The van der Waals surface area contributed by atoms with Gasteiger partial charge in [0.2, 0.25) is 0 Å². The molecule has 0 amide bonds. The third-order valence-electron chi connectivity index (χ3n) is 3.51. The van der Waals surface area contributed by atoms with Crippen LogP contribution in [0.15, 0.2) is 0 Å². The molecule has 0 radical (unpaired) electrons. The molecule has 7 heteroatoms. The lowest BCUT2D eigenvalue weighted by Gasteiger charge is -2.33. The lowest BCUT2D eigenvalue weighted by Crippen LogP contribution is -2.36. The minimum atomic E-state index is -0.0822. The summed E-state index contributed by atoms with van der Waals surface area (Å²) >= 11 is 8.87. The van der Waals surface area contributed by atoms with Crippen LogP contribution in [0.2, 0.25) is 0 Å². The van der Waals surface area contributed by atoms with E-state index >= 15 is 0 Å². The van der Waals surface area contributed by atoms with Gasteiger partial charge in [0.05, 0.1) is 39.1 Å². The van der Waals surface area contributed by atoms with Gasteiger partial charge in [-0.05, 0) is 23.3 Å².